The third-order valence-corrected chi connectivity index (χ3v) is 6.66. The maximum atomic E-state index is 13.4. The number of hydrogen-bond donors (Lipinski definition) is 1. The zero-order valence-corrected chi connectivity index (χ0v) is 21.8. The van der Waals surface area contributed by atoms with Crippen LogP contribution in [0.3, 0.4) is 0 Å². The number of carbonyl (C=O) groups is 2. The molecule has 180 valence electrons. The molecule has 0 saturated heterocycles. The molecule has 1 atom stereocenters. The number of anilines is 1. The van der Waals surface area contributed by atoms with Crippen LogP contribution in [-0.2, 0) is 26.2 Å². The van der Waals surface area contributed by atoms with Crippen molar-refractivity contribution in [1.82, 2.24) is 10.2 Å². The van der Waals surface area contributed by atoms with Crippen molar-refractivity contribution in [2.24, 2.45) is 0 Å². The van der Waals surface area contributed by atoms with E-state index in [1.165, 1.54) is 23.1 Å². The third kappa shape index (κ3) is 7.78. The minimum absolute atomic E-state index is 0.0130. The first-order valence-electron chi connectivity index (χ1n) is 10.1. The maximum absolute atomic E-state index is 13.4. The van der Waals surface area contributed by atoms with Gasteiger partial charge in [0, 0.05) is 27.7 Å². The van der Waals surface area contributed by atoms with Crippen LogP contribution in [0.25, 0.3) is 0 Å². The summed E-state index contributed by atoms with van der Waals surface area (Å²) in [6.07, 6.45) is 0.975. The Balaban J connectivity index is 2.44. The normalized spacial score (nSPS) is 12.4. The number of halogens is 3. The van der Waals surface area contributed by atoms with Gasteiger partial charge in [0.25, 0.3) is 0 Å². The van der Waals surface area contributed by atoms with E-state index in [0.29, 0.717) is 10.6 Å². The molecule has 2 rings (SSSR count). The quantitative estimate of drug-likeness (QED) is 0.518. The number of nitrogens with one attached hydrogen (secondary N) is 1. The Labute approximate surface area is 209 Å². The van der Waals surface area contributed by atoms with Crippen molar-refractivity contribution in [2.75, 3.05) is 17.1 Å². The van der Waals surface area contributed by atoms with Crippen molar-refractivity contribution in [3.8, 4) is 0 Å². The Morgan fingerprint density at radius 2 is 1.58 bits per heavy atom. The molecule has 1 unspecified atom stereocenters. The highest BCUT2D eigenvalue weighted by Gasteiger charge is 2.30. The summed E-state index contributed by atoms with van der Waals surface area (Å²) in [5.74, 6) is -0.968. The molecule has 0 aliphatic heterocycles. The van der Waals surface area contributed by atoms with Gasteiger partial charge < -0.3 is 10.2 Å². The first-order chi connectivity index (χ1) is 15.3. The fourth-order valence-electron chi connectivity index (χ4n) is 3.09. The van der Waals surface area contributed by atoms with E-state index < -0.39 is 28.5 Å². The number of sulfonamides is 1. The van der Waals surface area contributed by atoms with Gasteiger partial charge in [-0.3, -0.25) is 13.9 Å². The summed E-state index contributed by atoms with van der Waals surface area (Å²) in [6.45, 7) is 4.64. The van der Waals surface area contributed by atoms with Gasteiger partial charge >= 0.3 is 0 Å². The van der Waals surface area contributed by atoms with Crippen molar-refractivity contribution in [3.05, 3.63) is 63.1 Å². The van der Waals surface area contributed by atoms with E-state index >= 15 is 0 Å². The second-order valence-electron chi connectivity index (χ2n) is 7.85. The molecule has 0 aliphatic rings. The smallest absolute Gasteiger partial charge is 0.244 e. The lowest BCUT2D eigenvalue weighted by atomic mass is 10.1. The first-order valence-corrected chi connectivity index (χ1v) is 13.0. The van der Waals surface area contributed by atoms with Gasteiger partial charge in [-0.15, -0.1) is 0 Å². The number of hydrogen-bond acceptors (Lipinski definition) is 4. The van der Waals surface area contributed by atoms with Crippen LogP contribution in [0, 0.1) is 0 Å². The fraction of sp³-hybridized carbons (Fsp3) is 0.364. The van der Waals surface area contributed by atoms with Crippen molar-refractivity contribution in [1.29, 1.82) is 0 Å². The van der Waals surface area contributed by atoms with E-state index in [2.05, 4.69) is 5.32 Å². The summed E-state index contributed by atoms with van der Waals surface area (Å²) in [7, 11) is -3.88. The highest BCUT2D eigenvalue weighted by atomic mass is 35.5. The Bertz CT molecular complexity index is 1110. The monoisotopic (exact) mass is 533 g/mol. The van der Waals surface area contributed by atoms with E-state index in [9.17, 15) is 18.0 Å². The van der Waals surface area contributed by atoms with Crippen LogP contribution in [0.1, 0.15) is 26.3 Å². The van der Waals surface area contributed by atoms with Crippen LogP contribution in [0.2, 0.25) is 15.1 Å². The zero-order chi connectivity index (χ0) is 24.9. The lowest BCUT2D eigenvalue weighted by molar-refractivity contribution is -0.139. The predicted octanol–water partition coefficient (Wildman–Crippen LogP) is 4.35. The standard InChI is InChI=1S/C22H26Cl3N3O4S/c1-14(2)26-22(30)15(3)27(12-16-7-5-6-8-20(16)25)21(29)13-28(33(4,31)32)19-10-17(23)9-18(24)11-19/h5-11,14-15H,12-13H2,1-4H3,(H,26,30). The minimum atomic E-state index is -3.88. The fourth-order valence-corrected chi connectivity index (χ4v) is 4.64. The van der Waals surface area contributed by atoms with Crippen LogP contribution in [0.4, 0.5) is 5.69 Å². The number of rotatable bonds is 9. The van der Waals surface area contributed by atoms with Crippen LogP contribution in [-0.4, -0.2) is 50.0 Å². The van der Waals surface area contributed by atoms with E-state index in [0.717, 1.165) is 10.6 Å². The molecule has 11 heteroatoms. The second-order valence-corrected chi connectivity index (χ2v) is 11.0. The van der Waals surface area contributed by atoms with Crippen molar-refractivity contribution < 1.29 is 18.0 Å². The molecule has 0 saturated carbocycles. The molecule has 1 N–H and O–H groups in total. The molecule has 2 aromatic carbocycles. The van der Waals surface area contributed by atoms with Crippen molar-refractivity contribution in [2.45, 2.75) is 39.4 Å². The highest BCUT2D eigenvalue weighted by Crippen LogP contribution is 2.27. The first kappa shape index (κ1) is 27.2. The number of nitrogens with zero attached hydrogens (tertiary/aromatic N) is 2. The van der Waals surface area contributed by atoms with Crippen LogP contribution in [0.15, 0.2) is 42.5 Å². The molecule has 0 aromatic heterocycles. The topological polar surface area (TPSA) is 86.8 Å². The molecular formula is C22H26Cl3N3O4S. The predicted molar refractivity (Wildman–Crippen MR) is 133 cm³/mol. The zero-order valence-electron chi connectivity index (χ0n) is 18.7. The van der Waals surface area contributed by atoms with Gasteiger partial charge in [0.15, 0.2) is 0 Å². The Kier molecular flexibility index (Phi) is 9.43. The van der Waals surface area contributed by atoms with Crippen LogP contribution >= 0.6 is 34.8 Å². The molecule has 2 amide bonds. The Morgan fingerprint density at radius 1 is 1.00 bits per heavy atom. The van der Waals surface area contributed by atoms with E-state index in [1.54, 1.807) is 45.0 Å². The molecule has 0 fully saturated rings. The van der Waals surface area contributed by atoms with E-state index in [4.69, 9.17) is 34.8 Å². The molecule has 0 spiro atoms. The summed E-state index contributed by atoms with van der Waals surface area (Å²) < 4.78 is 26.0. The summed E-state index contributed by atoms with van der Waals surface area (Å²) in [6, 6.07) is 10.1. The minimum Gasteiger partial charge on any atom is -0.352 e. The molecule has 0 radical (unpaired) electrons. The lowest BCUT2D eigenvalue weighted by Gasteiger charge is -2.32. The van der Waals surface area contributed by atoms with E-state index in [-0.39, 0.29) is 34.2 Å². The van der Waals surface area contributed by atoms with Gasteiger partial charge in [0.1, 0.15) is 12.6 Å². The van der Waals surface area contributed by atoms with Gasteiger partial charge in [0.05, 0.1) is 11.9 Å². The second kappa shape index (κ2) is 11.4. The summed E-state index contributed by atoms with van der Waals surface area (Å²) >= 11 is 18.4. The largest absolute Gasteiger partial charge is 0.352 e. The molecule has 2 aromatic rings. The lowest BCUT2D eigenvalue weighted by Crippen LogP contribution is -2.52. The maximum Gasteiger partial charge on any atom is 0.244 e. The van der Waals surface area contributed by atoms with Gasteiger partial charge in [-0.1, -0.05) is 53.0 Å². The number of benzene rings is 2. The molecule has 33 heavy (non-hydrogen) atoms. The van der Waals surface area contributed by atoms with Gasteiger partial charge in [-0.05, 0) is 50.6 Å². The molecule has 0 heterocycles. The Morgan fingerprint density at radius 3 is 2.09 bits per heavy atom. The average Bonchev–Trinajstić information content (AvgIpc) is 2.68. The van der Waals surface area contributed by atoms with Gasteiger partial charge in [-0.25, -0.2) is 8.42 Å². The van der Waals surface area contributed by atoms with Crippen LogP contribution < -0.4 is 9.62 Å². The SMILES string of the molecule is CC(C)NC(=O)C(C)N(Cc1ccccc1Cl)C(=O)CN(c1cc(Cl)cc(Cl)c1)S(C)(=O)=O. The highest BCUT2D eigenvalue weighted by molar-refractivity contribution is 7.92. The van der Waals surface area contributed by atoms with Gasteiger partial charge in [0.2, 0.25) is 21.8 Å². The molecule has 0 aliphatic carbocycles. The number of amides is 2. The summed E-state index contributed by atoms with van der Waals surface area (Å²) in [4.78, 5) is 27.4. The average molecular weight is 535 g/mol. The summed E-state index contributed by atoms with van der Waals surface area (Å²) in [5, 5.41) is 3.64. The molecule has 0 bridgehead atoms. The Hall–Kier alpha value is -2.00. The number of carbonyl (C=O) groups excluding carboxylic acids is 2. The van der Waals surface area contributed by atoms with Crippen molar-refractivity contribution >= 4 is 62.3 Å². The van der Waals surface area contributed by atoms with Gasteiger partial charge in [-0.2, -0.15) is 0 Å². The molecule has 7 nitrogen and oxygen atoms in total. The van der Waals surface area contributed by atoms with Crippen LogP contribution in [0.5, 0.6) is 0 Å². The van der Waals surface area contributed by atoms with Crippen molar-refractivity contribution in [3.63, 3.8) is 0 Å². The van der Waals surface area contributed by atoms with E-state index in [1.807, 2.05) is 0 Å². The third-order valence-electron chi connectivity index (χ3n) is 4.71. The summed E-state index contributed by atoms with van der Waals surface area (Å²) in [5.41, 5.74) is 0.758. The molecular weight excluding hydrogens is 509 g/mol.